The number of likely N-dealkylation sites (N-methyl/N-ethyl adjacent to an activating group) is 1. The van der Waals surface area contributed by atoms with Crippen LogP contribution in [0.1, 0.15) is 19.4 Å². The van der Waals surface area contributed by atoms with Gasteiger partial charge in [-0.1, -0.05) is 25.4 Å². The topological polar surface area (TPSA) is 55.6 Å². The molecule has 0 aromatic heterocycles. The zero-order valence-electron chi connectivity index (χ0n) is 13.0. The van der Waals surface area contributed by atoms with Crippen LogP contribution in [0, 0.1) is 12.3 Å². The molecule has 1 amide bonds. The molecule has 1 aromatic rings. The number of rotatable bonds is 6. The van der Waals surface area contributed by atoms with Crippen LogP contribution in [0.25, 0.3) is 0 Å². The van der Waals surface area contributed by atoms with Crippen LogP contribution in [0.3, 0.4) is 0 Å². The monoisotopic (exact) mass is 334 g/mol. The van der Waals surface area contributed by atoms with Crippen molar-refractivity contribution in [1.82, 2.24) is 4.90 Å². The van der Waals surface area contributed by atoms with Crippen LogP contribution >= 0.6 is 24.0 Å². The molecule has 0 radical (unpaired) electrons. The van der Waals surface area contributed by atoms with E-state index < -0.39 is 0 Å². The number of aryl methyl sites for hydroxylation is 1. The first-order chi connectivity index (χ1) is 9.25. The van der Waals surface area contributed by atoms with Gasteiger partial charge in [-0.2, -0.15) is 0 Å². The number of halogens is 2. The second-order valence-electron chi connectivity index (χ2n) is 5.82. The van der Waals surface area contributed by atoms with E-state index in [2.05, 4.69) is 0 Å². The third-order valence-corrected chi connectivity index (χ3v) is 3.56. The Morgan fingerprint density at radius 3 is 2.57 bits per heavy atom. The lowest BCUT2D eigenvalue weighted by molar-refractivity contribution is -0.133. The summed E-state index contributed by atoms with van der Waals surface area (Å²) in [5.41, 5.74) is 6.50. The molecule has 0 saturated carbocycles. The summed E-state index contributed by atoms with van der Waals surface area (Å²) in [5.74, 6) is 0.575. The summed E-state index contributed by atoms with van der Waals surface area (Å²) >= 11 is 5.94. The molecule has 0 atom stereocenters. The predicted molar refractivity (Wildman–Crippen MR) is 89.4 cm³/mol. The second-order valence-corrected chi connectivity index (χ2v) is 6.23. The number of hydrogen-bond donors (Lipinski definition) is 1. The molecule has 120 valence electrons. The van der Waals surface area contributed by atoms with E-state index in [9.17, 15) is 4.79 Å². The molecule has 0 unspecified atom stereocenters. The van der Waals surface area contributed by atoms with Crippen LogP contribution in [0.4, 0.5) is 0 Å². The van der Waals surface area contributed by atoms with Crippen molar-refractivity contribution < 1.29 is 9.53 Å². The van der Waals surface area contributed by atoms with Gasteiger partial charge in [-0.05, 0) is 42.6 Å². The van der Waals surface area contributed by atoms with E-state index in [-0.39, 0.29) is 30.3 Å². The summed E-state index contributed by atoms with van der Waals surface area (Å²) in [6, 6.07) is 5.34. The van der Waals surface area contributed by atoms with Crippen LogP contribution < -0.4 is 10.5 Å². The van der Waals surface area contributed by atoms with Crippen molar-refractivity contribution in [2.45, 2.75) is 20.8 Å². The quantitative estimate of drug-likeness (QED) is 0.870. The van der Waals surface area contributed by atoms with Gasteiger partial charge < -0.3 is 15.4 Å². The molecule has 1 rings (SSSR count). The summed E-state index contributed by atoms with van der Waals surface area (Å²) < 4.78 is 5.49. The van der Waals surface area contributed by atoms with Gasteiger partial charge in [-0.15, -0.1) is 12.4 Å². The highest BCUT2D eigenvalue weighted by atomic mass is 35.5. The smallest absolute Gasteiger partial charge is 0.260 e. The van der Waals surface area contributed by atoms with Gasteiger partial charge in [-0.25, -0.2) is 0 Å². The first kappa shape index (κ1) is 20.0. The number of nitrogens with two attached hydrogens (primary N) is 1. The Balaban J connectivity index is 0.00000400. The highest BCUT2D eigenvalue weighted by molar-refractivity contribution is 6.31. The maximum absolute atomic E-state index is 12.0. The number of amides is 1. The molecule has 0 spiro atoms. The lowest BCUT2D eigenvalue weighted by Gasteiger charge is -2.29. The molecule has 0 bridgehead atoms. The number of nitrogens with zero attached hydrogens (tertiary/aromatic N) is 1. The van der Waals surface area contributed by atoms with Crippen molar-refractivity contribution >= 4 is 29.9 Å². The van der Waals surface area contributed by atoms with Gasteiger partial charge in [0.15, 0.2) is 6.61 Å². The summed E-state index contributed by atoms with van der Waals surface area (Å²) in [6.45, 7) is 7.10. The van der Waals surface area contributed by atoms with Gasteiger partial charge in [-0.3, -0.25) is 4.79 Å². The standard InChI is InChI=1S/C15H23ClN2O2.ClH/c1-11-7-12(5-6-13(11)16)20-8-14(19)18(4)10-15(2,3)9-17;/h5-7H,8-10,17H2,1-4H3;1H. The maximum Gasteiger partial charge on any atom is 0.260 e. The first-order valence-corrected chi connectivity index (χ1v) is 6.96. The Labute approximate surface area is 138 Å². The minimum Gasteiger partial charge on any atom is -0.484 e. The van der Waals surface area contributed by atoms with Crippen molar-refractivity contribution in [3.63, 3.8) is 0 Å². The van der Waals surface area contributed by atoms with E-state index in [0.29, 0.717) is 23.9 Å². The lowest BCUT2D eigenvalue weighted by atomic mass is 9.93. The number of hydrogen-bond acceptors (Lipinski definition) is 3. The van der Waals surface area contributed by atoms with Gasteiger partial charge in [0.1, 0.15) is 5.75 Å². The molecule has 0 aliphatic heterocycles. The zero-order valence-corrected chi connectivity index (χ0v) is 14.6. The van der Waals surface area contributed by atoms with Crippen molar-refractivity contribution in [2.24, 2.45) is 11.1 Å². The van der Waals surface area contributed by atoms with Crippen molar-refractivity contribution in [3.8, 4) is 5.75 Å². The molecule has 1 aromatic carbocycles. The van der Waals surface area contributed by atoms with E-state index in [1.807, 2.05) is 26.8 Å². The molecule has 0 fully saturated rings. The van der Waals surface area contributed by atoms with Crippen LogP contribution in [0.5, 0.6) is 5.75 Å². The van der Waals surface area contributed by atoms with Crippen LogP contribution in [-0.2, 0) is 4.79 Å². The number of benzene rings is 1. The molecule has 4 nitrogen and oxygen atoms in total. The lowest BCUT2D eigenvalue weighted by Crippen LogP contribution is -2.41. The summed E-state index contributed by atoms with van der Waals surface area (Å²) in [5, 5.41) is 0.686. The van der Waals surface area contributed by atoms with E-state index in [1.165, 1.54) is 0 Å². The van der Waals surface area contributed by atoms with Crippen LogP contribution in [0.15, 0.2) is 18.2 Å². The largest absolute Gasteiger partial charge is 0.484 e. The normalized spacial score (nSPS) is 10.8. The fourth-order valence-corrected chi connectivity index (χ4v) is 1.87. The number of ether oxygens (including phenoxy) is 1. The Morgan fingerprint density at radius 2 is 2.05 bits per heavy atom. The SMILES string of the molecule is Cc1cc(OCC(=O)N(C)CC(C)(C)CN)ccc1Cl.Cl. The minimum atomic E-state index is -0.0960. The third-order valence-electron chi connectivity index (χ3n) is 3.14. The average molecular weight is 335 g/mol. The molecule has 2 N–H and O–H groups in total. The van der Waals surface area contributed by atoms with Crippen LogP contribution in [0.2, 0.25) is 5.02 Å². The number of carbonyl (C=O) groups excluding carboxylic acids is 1. The first-order valence-electron chi connectivity index (χ1n) is 6.58. The Morgan fingerprint density at radius 1 is 1.43 bits per heavy atom. The number of carbonyl (C=O) groups is 1. The Bertz CT molecular complexity index is 479. The zero-order chi connectivity index (χ0) is 15.3. The molecular formula is C15H24Cl2N2O2. The highest BCUT2D eigenvalue weighted by Crippen LogP contribution is 2.21. The van der Waals surface area contributed by atoms with E-state index in [1.54, 1.807) is 24.1 Å². The third kappa shape index (κ3) is 6.55. The fraction of sp³-hybridized carbons (Fsp3) is 0.533. The second kappa shape index (κ2) is 8.47. The van der Waals surface area contributed by atoms with E-state index in [4.69, 9.17) is 22.1 Å². The molecular weight excluding hydrogens is 311 g/mol. The maximum atomic E-state index is 12.0. The van der Waals surface area contributed by atoms with Gasteiger partial charge >= 0.3 is 0 Å². The van der Waals surface area contributed by atoms with E-state index >= 15 is 0 Å². The van der Waals surface area contributed by atoms with Gasteiger partial charge in [0.25, 0.3) is 5.91 Å². The molecule has 6 heteroatoms. The Kier molecular flexibility index (Phi) is 8.08. The summed E-state index contributed by atoms with van der Waals surface area (Å²) in [7, 11) is 1.76. The molecule has 0 heterocycles. The van der Waals surface area contributed by atoms with Crippen molar-refractivity contribution in [3.05, 3.63) is 28.8 Å². The summed E-state index contributed by atoms with van der Waals surface area (Å²) in [6.07, 6.45) is 0. The average Bonchev–Trinajstić information content (AvgIpc) is 2.39. The minimum absolute atomic E-state index is 0. The fourth-order valence-electron chi connectivity index (χ4n) is 1.76. The molecule has 21 heavy (non-hydrogen) atoms. The van der Waals surface area contributed by atoms with Gasteiger partial charge in [0, 0.05) is 18.6 Å². The molecule has 0 saturated heterocycles. The Hall–Kier alpha value is -0.970. The van der Waals surface area contributed by atoms with Crippen molar-refractivity contribution in [2.75, 3.05) is 26.7 Å². The summed E-state index contributed by atoms with van der Waals surface area (Å²) in [4.78, 5) is 13.6. The predicted octanol–water partition coefficient (Wildman–Crippen LogP) is 2.89. The highest BCUT2D eigenvalue weighted by Gasteiger charge is 2.21. The van der Waals surface area contributed by atoms with Gasteiger partial charge in [0.05, 0.1) is 0 Å². The van der Waals surface area contributed by atoms with E-state index in [0.717, 1.165) is 5.56 Å². The van der Waals surface area contributed by atoms with Gasteiger partial charge in [0.2, 0.25) is 0 Å². The van der Waals surface area contributed by atoms with Crippen molar-refractivity contribution in [1.29, 1.82) is 0 Å². The van der Waals surface area contributed by atoms with Crippen LogP contribution in [-0.4, -0.2) is 37.6 Å². The molecule has 0 aliphatic carbocycles. The molecule has 0 aliphatic rings.